The van der Waals surface area contributed by atoms with Crippen molar-refractivity contribution >= 4 is 39.9 Å². The van der Waals surface area contributed by atoms with Gasteiger partial charge in [-0.3, -0.25) is 14.6 Å². The minimum atomic E-state index is -0.273. The predicted molar refractivity (Wildman–Crippen MR) is 137 cm³/mol. The third kappa shape index (κ3) is 5.95. The SMILES string of the molecule is CCC(CCOC)Cn1cc(-c2nsc(CN3CCN(CC(N)=O)CC3)n2)c2cccc(Cl)c21. The molecule has 3 heterocycles. The highest BCUT2D eigenvalue weighted by Crippen LogP contribution is 2.34. The van der Waals surface area contributed by atoms with Crippen molar-refractivity contribution in [3.05, 3.63) is 34.4 Å². The number of nitrogens with zero attached hydrogens (tertiary/aromatic N) is 5. The van der Waals surface area contributed by atoms with Gasteiger partial charge in [0.05, 0.1) is 23.6 Å². The summed E-state index contributed by atoms with van der Waals surface area (Å²) in [6, 6.07) is 6.03. The van der Waals surface area contributed by atoms with Gasteiger partial charge in [0.1, 0.15) is 5.01 Å². The number of amides is 1. The van der Waals surface area contributed by atoms with Crippen molar-refractivity contribution in [3.8, 4) is 11.4 Å². The molecular weight excluding hydrogens is 472 g/mol. The lowest BCUT2D eigenvalue weighted by molar-refractivity contribution is -0.119. The van der Waals surface area contributed by atoms with Crippen LogP contribution in [-0.2, 0) is 22.6 Å². The normalized spacial score (nSPS) is 16.3. The summed E-state index contributed by atoms with van der Waals surface area (Å²) < 4.78 is 12.3. The molecule has 1 fully saturated rings. The summed E-state index contributed by atoms with van der Waals surface area (Å²) in [5.74, 6) is 0.987. The lowest BCUT2D eigenvalue weighted by atomic mass is 10.0. The first kappa shape index (κ1) is 25.1. The molecule has 0 bridgehead atoms. The summed E-state index contributed by atoms with van der Waals surface area (Å²) in [5.41, 5.74) is 7.38. The van der Waals surface area contributed by atoms with E-state index in [0.717, 1.165) is 91.0 Å². The number of hydrogen-bond acceptors (Lipinski definition) is 7. The second kappa shape index (κ2) is 11.6. The van der Waals surface area contributed by atoms with Gasteiger partial charge in [0.15, 0.2) is 5.82 Å². The van der Waals surface area contributed by atoms with Gasteiger partial charge in [-0.05, 0) is 29.9 Å². The van der Waals surface area contributed by atoms with E-state index in [1.807, 2.05) is 12.1 Å². The zero-order valence-electron chi connectivity index (χ0n) is 19.9. The lowest BCUT2D eigenvalue weighted by Crippen LogP contribution is -2.48. The van der Waals surface area contributed by atoms with Crippen LogP contribution in [0.15, 0.2) is 24.4 Å². The fourth-order valence-corrected chi connectivity index (χ4v) is 5.55. The highest BCUT2D eigenvalue weighted by Gasteiger charge is 2.21. The van der Waals surface area contributed by atoms with Crippen LogP contribution in [-0.4, -0.2) is 76.1 Å². The maximum absolute atomic E-state index is 11.2. The monoisotopic (exact) mass is 504 g/mol. The summed E-state index contributed by atoms with van der Waals surface area (Å²) in [6.45, 7) is 8.39. The average Bonchev–Trinajstić information content (AvgIpc) is 3.43. The number of fused-ring (bicyclic) bond motifs is 1. The third-order valence-electron chi connectivity index (χ3n) is 6.52. The van der Waals surface area contributed by atoms with E-state index in [1.165, 1.54) is 11.5 Å². The molecule has 10 heteroatoms. The summed E-state index contributed by atoms with van der Waals surface area (Å²) in [5, 5.41) is 2.82. The van der Waals surface area contributed by atoms with Crippen LogP contribution in [0.4, 0.5) is 0 Å². The molecule has 8 nitrogen and oxygen atoms in total. The number of hydrogen-bond donors (Lipinski definition) is 1. The average molecular weight is 505 g/mol. The first-order valence-electron chi connectivity index (χ1n) is 11.8. The number of primary amides is 1. The molecule has 0 aliphatic carbocycles. The zero-order chi connectivity index (χ0) is 24.1. The van der Waals surface area contributed by atoms with Gasteiger partial charge in [-0.1, -0.05) is 37.1 Å². The van der Waals surface area contributed by atoms with Crippen LogP contribution in [0.5, 0.6) is 0 Å². The molecule has 1 aliphatic heterocycles. The molecule has 4 rings (SSSR count). The van der Waals surface area contributed by atoms with E-state index in [-0.39, 0.29) is 5.91 Å². The number of para-hydroxylation sites is 1. The van der Waals surface area contributed by atoms with Crippen LogP contribution < -0.4 is 5.73 Å². The Morgan fingerprint density at radius 3 is 2.74 bits per heavy atom. The highest BCUT2D eigenvalue weighted by atomic mass is 35.5. The van der Waals surface area contributed by atoms with E-state index >= 15 is 0 Å². The topological polar surface area (TPSA) is 89.5 Å². The molecule has 1 saturated heterocycles. The molecule has 184 valence electrons. The van der Waals surface area contributed by atoms with Gasteiger partial charge in [0.25, 0.3) is 0 Å². The van der Waals surface area contributed by atoms with E-state index < -0.39 is 0 Å². The Kier molecular flexibility index (Phi) is 8.55. The van der Waals surface area contributed by atoms with Crippen LogP contribution in [0.1, 0.15) is 24.8 Å². The molecule has 1 unspecified atom stereocenters. The number of nitrogens with two attached hydrogens (primary N) is 1. The molecule has 0 saturated carbocycles. The molecule has 1 atom stereocenters. The van der Waals surface area contributed by atoms with E-state index in [0.29, 0.717) is 12.5 Å². The number of ether oxygens (including phenoxy) is 1. The highest BCUT2D eigenvalue weighted by molar-refractivity contribution is 7.05. The molecule has 0 spiro atoms. The Bertz CT molecular complexity index is 1110. The first-order chi connectivity index (χ1) is 16.5. The smallest absolute Gasteiger partial charge is 0.231 e. The van der Waals surface area contributed by atoms with Gasteiger partial charge in [0.2, 0.25) is 5.91 Å². The largest absolute Gasteiger partial charge is 0.385 e. The number of halogens is 1. The van der Waals surface area contributed by atoms with Gasteiger partial charge in [-0.15, -0.1) is 0 Å². The van der Waals surface area contributed by atoms with Crippen LogP contribution in [0.3, 0.4) is 0 Å². The number of carbonyl (C=O) groups is 1. The van der Waals surface area contributed by atoms with Crippen LogP contribution in [0.25, 0.3) is 22.3 Å². The molecule has 34 heavy (non-hydrogen) atoms. The van der Waals surface area contributed by atoms with Crippen molar-refractivity contribution in [3.63, 3.8) is 0 Å². The van der Waals surface area contributed by atoms with Crippen molar-refractivity contribution in [2.24, 2.45) is 11.7 Å². The minimum Gasteiger partial charge on any atom is -0.385 e. The molecule has 1 aromatic carbocycles. The third-order valence-corrected chi connectivity index (χ3v) is 7.52. The molecular formula is C24H33ClN6O2S. The zero-order valence-corrected chi connectivity index (χ0v) is 21.4. The second-order valence-corrected chi connectivity index (χ2v) is 10.2. The second-order valence-electron chi connectivity index (χ2n) is 8.92. The summed E-state index contributed by atoms with van der Waals surface area (Å²) >= 11 is 8.10. The Morgan fingerprint density at radius 1 is 1.26 bits per heavy atom. The van der Waals surface area contributed by atoms with Crippen molar-refractivity contribution in [2.45, 2.75) is 32.9 Å². The molecule has 1 amide bonds. The van der Waals surface area contributed by atoms with E-state index in [9.17, 15) is 4.79 Å². The lowest BCUT2D eigenvalue weighted by Gasteiger charge is -2.33. The Balaban J connectivity index is 1.51. The van der Waals surface area contributed by atoms with Gasteiger partial charge in [0, 0.05) is 63.6 Å². The maximum Gasteiger partial charge on any atom is 0.231 e. The summed E-state index contributed by atoms with van der Waals surface area (Å²) in [6.07, 6.45) is 4.24. The number of piperazine rings is 1. The molecule has 3 aromatic rings. The molecule has 2 N–H and O–H groups in total. The Morgan fingerprint density at radius 2 is 2.03 bits per heavy atom. The van der Waals surface area contributed by atoms with E-state index in [1.54, 1.807) is 7.11 Å². The number of benzene rings is 1. The van der Waals surface area contributed by atoms with Gasteiger partial charge >= 0.3 is 0 Å². The molecule has 2 aromatic heterocycles. The van der Waals surface area contributed by atoms with E-state index in [2.05, 4.69) is 33.6 Å². The number of aromatic nitrogens is 3. The first-order valence-corrected chi connectivity index (χ1v) is 13.0. The van der Waals surface area contributed by atoms with Gasteiger partial charge in [-0.2, -0.15) is 4.37 Å². The Labute approximate surface area is 209 Å². The molecule has 0 radical (unpaired) electrons. The quantitative estimate of drug-likeness (QED) is 0.430. The fraction of sp³-hybridized carbons (Fsp3) is 0.542. The van der Waals surface area contributed by atoms with Gasteiger partial charge < -0.3 is 15.0 Å². The Hall–Kier alpha value is -2.04. The van der Waals surface area contributed by atoms with Crippen LogP contribution in [0.2, 0.25) is 5.02 Å². The van der Waals surface area contributed by atoms with Crippen molar-refractivity contribution < 1.29 is 9.53 Å². The van der Waals surface area contributed by atoms with Crippen LogP contribution in [0, 0.1) is 5.92 Å². The number of rotatable bonds is 11. The van der Waals surface area contributed by atoms with Crippen molar-refractivity contribution in [2.75, 3.05) is 46.4 Å². The summed E-state index contributed by atoms with van der Waals surface area (Å²) in [4.78, 5) is 20.5. The minimum absolute atomic E-state index is 0.273. The van der Waals surface area contributed by atoms with Crippen LogP contribution >= 0.6 is 23.1 Å². The maximum atomic E-state index is 11.2. The number of carbonyl (C=O) groups excluding carboxylic acids is 1. The van der Waals surface area contributed by atoms with Crippen molar-refractivity contribution in [1.29, 1.82) is 0 Å². The van der Waals surface area contributed by atoms with Crippen molar-refractivity contribution in [1.82, 2.24) is 23.7 Å². The standard InChI is InChI=1S/C24H33ClN6O2S/c1-3-17(7-12-33-2)13-31-14-19(18-5-4-6-20(25)23(18)31)24-27-22(34-28-24)16-30-10-8-29(9-11-30)15-21(26)32/h4-6,14,17H,3,7-13,15-16H2,1-2H3,(H2,26,32). The van der Waals surface area contributed by atoms with Gasteiger partial charge in [-0.25, -0.2) is 4.98 Å². The molecule has 1 aliphatic rings. The summed E-state index contributed by atoms with van der Waals surface area (Å²) in [7, 11) is 1.75. The van der Waals surface area contributed by atoms with E-state index in [4.69, 9.17) is 31.4 Å². The number of methoxy groups -OCH3 is 1. The fourth-order valence-electron chi connectivity index (χ4n) is 4.57. The predicted octanol–water partition coefficient (Wildman–Crippen LogP) is 3.48.